The Morgan fingerprint density at radius 3 is 1.45 bits per heavy atom. The first kappa shape index (κ1) is 17.4. The molecule has 3 unspecified atom stereocenters. The van der Waals surface area contributed by atoms with E-state index in [0.29, 0.717) is 0 Å². The molecular weight excluding hydrogens is 305 g/mol. The van der Waals surface area contributed by atoms with Crippen molar-refractivity contribution < 1.29 is 39.5 Å². The average molecular weight is 317 g/mol. The Morgan fingerprint density at radius 2 is 1.20 bits per heavy atom. The van der Waals surface area contributed by atoms with Crippen LogP contribution in [-0.4, -0.2) is 42.6 Å². The van der Waals surface area contributed by atoms with E-state index in [9.17, 15) is 39.5 Å². The predicted octanol–water partition coefficient (Wildman–Crippen LogP) is 4.00. The maximum atomic E-state index is 13.4. The first-order valence-corrected chi connectivity index (χ1v) is 5.62. The molecule has 1 heterocycles. The Hall–Kier alpha value is -0.670. The molecule has 0 radical (unpaired) electrons. The highest BCUT2D eigenvalue weighted by Crippen LogP contribution is 2.43. The first-order chi connectivity index (χ1) is 8.73. The zero-order chi connectivity index (χ0) is 15.9. The molecule has 0 aromatic carbocycles. The lowest BCUT2D eigenvalue weighted by Crippen LogP contribution is -2.55. The molecule has 1 nitrogen and oxygen atoms in total. The predicted molar refractivity (Wildman–Crippen MR) is 50.8 cm³/mol. The van der Waals surface area contributed by atoms with Crippen LogP contribution in [0.15, 0.2) is 0 Å². The van der Waals surface area contributed by atoms with Crippen LogP contribution in [-0.2, 0) is 0 Å². The highest BCUT2D eigenvalue weighted by molar-refractivity contribution is 4.89. The van der Waals surface area contributed by atoms with Crippen molar-refractivity contribution in [1.82, 2.24) is 4.90 Å². The number of nitrogens with zero attached hydrogens (tertiary/aromatic N) is 1. The van der Waals surface area contributed by atoms with E-state index in [-0.39, 0.29) is 11.8 Å². The molecule has 0 N–H and O–H groups in total. The van der Waals surface area contributed by atoms with Gasteiger partial charge in [-0.25, -0.2) is 13.2 Å². The normalized spacial score (nSPS) is 28.5. The van der Waals surface area contributed by atoms with Crippen LogP contribution in [0.2, 0.25) is 0 Å². The van der Waals surface area contributed by atoms with Gasteiger partial charge in [0.2, 0.25) is 6.30 Å². The molecule has 0 aromatic rings. The molecule has 0 saturated carbocycles. The van der Waals surface area contributed by atoms with Gasteiger partial charge in [0.15, 0.2) is 0 Å². The molecule has 0 bridgehead atoms. The fourth-order valence-corrected chi connectivity index (χ4v) is 2.11. The zero-order valence-electron chi connectivity index (χ0n) is 10.2. The van der Waals surface area contributed by atoms with Crippen LogP contribution < -0.4 is 0 Å². The Bertz CT molecular complexity index is 307. The van der Waals surface area contributed by atoms with E-state index >= 15 is 0 Å². The molecule has 1 saturated heterocycles. The van der Waals surface area contributed by atoms with Crippen molar-refractivity contribution in [2.45, 2.75) is 37.9 Å². The molecule has 20 heavy (non-hydrogen) atoms. The van der Waals surface area contributed by atoms with E-state index in [0.717, 1.165) is 0 Å². The summed E-state index contributed by atoms with van der Waals surface area (Å²) in [5, 5.41) is 0. The standard InChI is InChI=1S/C10H12F9N/c1-8(12,13)7(11)20-3-5(9(14,15)16)2-6(4-20)10(17,18)19/h5-7H,2-4H2,1H3. The average Bonchev–Trinajstić information content (AvgIpc) is 2.23. The van der Waals surface area contributed by atoms with E-state index < -0.39 is 55.9 Å². The SMILES string of the molecule is CC(F)(F)C(F)N1CC(C(F)(F)F)CC(C(F)(F)F)C1. The second kappa shape index (κ2) is 5.27. The van der Waals surface area contributed by atoms with Crippen molar-refractivity contribution in [2.24, 2.45) is 11.8 Å². The van der Waals surface area contributed by atoms with E-state index in [1.807, 2.05) is 0 Å². The van der Waals surface area contributed by atoms with Crippen LogP contribution in [0.3, 0.4) is 0 Å². The topological polar surface area (TPSA) is 3.24 Å². The smallest absolute Gasteiger partial charge is 0.268 e. The highest BCUT2D eigenvalue weighted by atomic mass is 19.4. The van der Waals surface area contributed by atoms with Crippen molar-refractivity contribution >= 4 is 0 Å². The summed E-state index contributed by atoms with van der Waals surface area (Å²) in [6.07, 6.45) is -14.4. The highest BCUT2D eigenvalue weighted by Gasteiger charge is 2.54. The zero-order valence-corrected chi connectivity index (χ0v) is 10.2. The summed E-state index contributed by atoms with van der Waals surface area (Å²) < 4.78 is 114. The first-order valence-electron chi connectivity index (χ1n) is 5.62. The summed E-state index contributed by atoms with van der Waals surface area (Å²) in [4.78, 5) is -0.0835. The minimum atomic E-state index is -5.00. The van der Waals surface area contributed by atoms with Crippen LogP contribution in [0, 0.1) is 11.8 Å². The summed E-state index contributed by atoms with van der Waals surface area (Å²) >= 11 is 0. The van der Waals surface area contributed by atoms with Gasteiger partial charge in [-0.1, -0.05) is 0 Å². The summed E-state index contributed by atoms with van der Waals surface area (Å²) in [7, 11) is 0. The quantitative estimate of drug-likeness (QED) is 0.550. The van der Waals surface area contributed by atoms with Crippen molar-refractivity contribution in [3.8, 4) is 0 Å². The second-order valence-electron chi connectivity index (χ2n) is 4.96. The molecule has 1 aliphatic heterocycles. The summed E-state index contributed by atoms with van der Waals surface area (Å²) in [5.74, 6) is -9.00. The molecule has 1 rings (SSSR count). The number of hydrogen-bond donors (Lipinski definition) is 0. The maximum Gasteiger partial charge on any atom is 0.393 e. The second-order valence-corrected chi connectivity index (χ2v) is 4.96. The van der Waals surface area contributed by atoms with Crippen molar-refractivity contribution in [1.29, 1.82) is 0 Å². The minimum Gasteiger partial charge on any atom is -0.268 e. The fourth-order valence-electron chi connectivity index (χ4n) is 2.11. The molecule has 10 heteroatoms. The van der Waals surface area contributed by atoms with E-state index in [2.05, 4.69) is 0 Å². The molecule has 1 fully saturated rings. The third kappa shape index (κ3) is 4.16. The van der Waals surface area contributed by atoms with E-state index in [4.69, 9.17) is 0 Å². The largest absolute Gasteiger partial charge is 0.393 e. The summed E-state index contributed by atoms with van der Waals surface area (Å²) in [6, 6.07) is 0. The fraction of sp³-hybridized carbons (Fsp3) is 1.00. The van der Waals surface area contributed by atoms with E-state index in [1.54, 1.807) is 0 Å². The molecule has 0 aromatic heterocycles. The van der Waals surface area contributed by atoms with Gasteiger partial charge in [-0.05, 0) is 6.42 Å². The molecule has 0 aliphatic carbocycles. The monoisotopic (exact) mass is 317 g/mol. The lowest BCUT2D eigenvalue weighted by atomic mass is 9.88. The van der Waals surface area contributed by atoms with Gasteiger partial charge < -0.3 is 0 Å². The van der Waals surface area contributed by atoms with Crippen LogP contribution in [0.4, 0.5) is 39.5 Å². The molecular formula is C10H12F9N. The van der Waals surface area contributed by atoms with Gasteiger partial charge in [0, 0.05) is 20.0 Å². The van der Waals surface area contributed by atoms with Gasteiger partial charge in [0.25, 0.3) is 5.92 Å². The summed E-state index contributed by atoms with van der Waals surface area (Å²) in [5.41, 5.74) is 0. The Balaban J connectivity index is 2.97. The lowest BCUT2D eigenvalue weighted by molar-refractivity contribution is -0.247. The van der Waals surface area contributed by atoms with Gasteiger partial charge in [-0.15, -0.1) is 0 Å². The minimum absolute atomic E-state index is 0.0835. The molecule has 120 valence electrons. The van der Waals surface area contributed by atoms with Gasteiger partial charge in [0.05, 0.1) is 11.8 Å². The van der Waals surface area contributed by atoms with Crippen LogP contribution >= 0.6 is 0 Å². The molecule has 0 amide bonds. The van der Waals surface area contributed by atoms with Gasteiger partial charge in [-0.3, -0.25) is 4.90 Å². The number of alkyl halides is 9. The maximum absolute atomic E-state index is 13.4. The van der Waals surface area contributed by atoms with Crippen LogP contribution in [0.1, 0.15) is 13.3 Å². The van der Waals surface area contributed by atoms with Crippen molar-refractivity contribution in [3.05, 3.63) is 0 Å². The summed E-state index contributed by atoms with van der Waals surface area (Å²) in [6.45, 7) is -2.31. The van der Waals surface area contributed by atoms with E-state index in [1.165, 1.54) is 0 Å². The van der Waals surface area contributed by atoms with Gasteiger partial charge in [-0.2, -0.15) is 26.3 Å². The number of halogens is 9. The number of rotatable bonds is 2. The van der Waals surface area contributed by atoms with Crippen LogP contribution in [0.5, 0.6) is 0 Å². The number of piperidine rings is 1. The van der Waals surface area contributed by atoms with Crippen LogP contribution in [0.25, 0.3) is 0 Å². The number of likely N-dealkylation sites (tertiary alicyclic amines) is 1. The van der Waals surface area contributed by atoms with Gasteiger partial charge >= 0.3 is 12.4 Å². The molecule has 3 atom stereocenters. The Labute approximate surface area is 108 Å². The third-order valence-corrected chi connectivity index (χ3v) is 3.14. The molecule has 0 spiro atoms. The number of hydrogen-bond acceptors (Lipinski definition) is 1. The third-order valence-electron chi connectivity index (χ3n) is 3.14. The molecule has 1 aliphatic rings. The lowest BCUT2D eigenvalue weighted by Gasteiger charge is -2.41. The van der Waals surface area contributed by atoms with Crippen molar-refractivity contribution in [2.75, 3.05) is 13.1 Å². The van der Waals surface area contributed by atoms with Gasteiger partial charge in [0.1, 0.15) is 0 Å². The van der Waals surface area contributed by atoms with Crippen molar-refractivity contribution in [3.63, 3.8) is 0 Å². The Morgan fingerprint density at radius 1 is 0.850 bits per heavy atom. The Kier molecular flexibility index (Phi) is 4.58.